The zero-order valence-electron chi connectivity index (χ0n) is 16.3. The molecule has 7 nitrogen and oxygen atoms in total. The largest absolute Gasteiger partial charge is 0.481 e. The minimum Gasteiger partial charge on any atom is -0.481 e. The molecule has 152 valence electrons. The Balaban J connectivity index is 1.73. The molecule has 0 aliphatic rings. The lowest BCUT2D eigenvalue weighted by atomic mass is 10.2. The van der Waals surface area contributed by atoms with Crippen LogP contribution in [0.1, 0.15) is 12.5 Å². The van der Waals surface area contributed by atoms with Gasteiger partial charge < -0.3 is 14.8 Å². The normalized spacial score (nSPS) is 12.2. The summed E-state index contributed by atoms with van der Waals surface area (Å²) >= 11 is 0. The molecule has 0 heterocycles. The second-order valence-electron chi connectivity index (χ2n) is 6.31. The molecule has 0 bridgehead atoms. The summed E-state index contributed by atoms with van der Waals surface area (Å²) < 4.78 is 35.4. The van der Waals surface area contributed by atoms with E-state index in [0.29, 0.717) is 31.2 Å². The lowest BCUT2D eigenvalue weighted by molar-refractivity contribution is -0.127. The van der Waals surface area contributed by atoms with Gasteiger partial charge in [-0.3, -0.25) is 9.10 Å². The van der Waals surface area contributed by atoms with Crippen molar-refractivity contribution >= 4 is 21.6 Å². The van der Waals surface area contributed by atoms with E-state index in [1.807, 2.05) is 30.3 Å². The lowest BCUT2D eigenvalue weighted by Crippen LogP contribution is -2.38. The first kappa shape index (κ1) is 21.7. The number of carbonyl (C=O) groups is 1. The molecule has 0 aromatic heterocycles. The number of carbonyl (C=O) groups excluding carboxylic acids is 1. The quantitative estimate of drug-likeness (QED) is 0.612. The van der Waals surface area contributed by atoms with Gasteiger partial charge in [0.05, 0.1) is 25.2 Å². The fraction of sp³-hybridized carbons (Fsp3) is 0.350. The minimum absolute atomic E-state index is 0.249. The first-order chi connectivity index (χ1) is 13.3. The molecule has 2 aromatic rings. The second kappa shape index (κ2) is 10.1. The van der Waals surface area contributed by atoms with E-state index < -0.39 is 16.1 Å². The Kier molecular flexibility index (Phi) is 7.83. The molecule has 0 fully saturated rings. The molecule has 0 aliphatic heterocycles. The zero-order chi connectivity index (χ0) is 20.6. The molecular formula is C20H26N2O5S. The summed E-state index contributed by atoms with van der Waals surface area (Å²) in [4.78, 5) is 12.1. The first-order valence-electron chi connectivity index (χ1n) is 8.87. The van der Waals surface area contributed by atoms with Gasteiger partial charge in [0.15, 0.2) is 6.10 Å². The number of nitrogens with zero attached hydrogens (tertiary/aromatic N) is 1. The fourth-order valence-corrected chi connectivity index (χ4v) is 2.84. The van der Waals surface area contributed by atoms with Crippen molar-refractivity contribution in [2.75, 3.05) is 30.8 Å². The van der Waals surface area contributed by atoms with Gasteiger partial charge in [-0.2, -0.15) is 0 Å². The topological polar surface area (TPSA) is 84.9 Å². The molecule has 28 heavy (non-hydrogen) atoms. The van der Waals surface area contributed by atoms with E-state index in [9.17, 15) is 13.2 Å². The average Bonchev–Trinajstić information content (AvgIpc) is 2.67. The van der Waals surface area contributed by atoms with Gasteiger partial charge in [0.1, 0.15) is 5.75 Å². The third-order valence-electron chi connectivity index (χ3n) is 4.04. The van der Waals surface area contributed by atoms with Crippen molar-refractivity contribution in [2.45, 2.75) is 19.6 Å². The monoisotopic (exact) mass is 406 g/mol. The SMILES string of the molecule is C[C@@H](Oc1ccc(N(C)S(C)(=O)=O)cc1)C(=O)NCCOCc1ccccc1. The van der Waals surface area contributed by atoms with Crippen molar-refractivity contribution in [2.24, 2.45) is 0 Å². The van der Waals surface area contributed by atoms with E-state index in [4.69, 9.17) is 9.47 Å². The molecule has 1 amide bonds. The minimum atomic E-state index is -3.32. The molecule has 0 unspecified atom stereocenters. The van der Waals surface area contributed by atoms with Crippen LogP contribution in [0.2, 0.25) is 0 Å². The smallest absolute Gasteiger partial charge is 0.260 e. The summed E-state index contributed by atoms with van der Waals surface area (Å²) in [6.07, 6.45) is 0.445. The van der Waals surface area contributed by atoms with E-state index in [-0.39, 0.29) is 5.91 Å². The molecule has 1 atom stereocenters. The van der Waals surface area contributed by atoms with Gasteiger partial charge in [-0.05, 0) is 36.8 Å². The van der Waals surface area contributed by atoms with Crippen LogP contribution in [0.4, 0.5) is 5.69 Å². The highest BCUT2D eigenvalue weighted by atomic mass is 32.2. The van der Waals surface area contributed by atoms with Crippen LogP contribution in [-0.4, -0.2) is 46.9 Å². The van der Waals surface area contributed by atoms with Crippen molar-refractivity contribution in [1.29, 1.82) is 0 Å². The van der Waals surface area contributed by atoms with E-state index in [2.05, 4.69) is 5.32 Å². The Morgan fingerprint density at radius 3 is 2.36 bits per heavy atom. The van der Waals surface area contributed by atoms with Crippen molar-refractivity contribution in [1.82, 2.24) is 5.32 Å². The Morgan fingerprint density at radius 2 is 1.75 bits per heavy atom. The number of benzene rings is 2. The molecule has 0 spiro atoms. The molecule has 1 N–H and O–H groups in total. The third kappa shape index (κ3) is 6.86. The number of ether oxygens (including phenoxy) is 2. The first-order valence-corrected chi connectivity index (χ1v) is 10.7. The Hall–Kier alpha value is -2.58. The van der Waals surface area contributed by atoms with Crippen LogP contribution in [0, 0.1) is 0 Å². The number of hydrogen-bond acceptors (Lipinski definition) is 5. The molecular weight excluding hydrogens is 380 g/mol. The fourth-order valence-electron chi connectivity index (χ4n) is 2.34. The summed E-state index contributed by atoms with van der Waals surface area (Å²) in [6, 6.07) is 16.3. The highest BCUT2D eigenvalue weighted by Crippen LogP contribution is 2.21. The van der Waals surface area contributed by atoms with Gasteiger partial charge in [-0.1, -0.05) is 30.3 Å². The van der Waals surface area contributed by atoms with Crippen LogP contribution in [0.15, 0.2) is 54.6 Å². The highest BCUT2D eigenvalue weighted by molar-refractivity contribution is 7.92. The van der Waals surface area contributed by atoms with Crippen LogP contribution >= 0.6 is 0 Å². The van der Waals surface area contributed by atoms with Crippen molar-refractivity contribution in [3.63, 3.8) is 0 Å². The zero-order valence-corrected chi connectivity index (χ0v) is 17.1. The number of anilines is 1. The van der Waals surface area contributed by atoms with E-state index in [1.54, 1.807) is 31.2 Å². The molecule has 0 radical (unpaired) electrons. The van der Waals surface area contributed by atoms with Crippen molar-refractivity contribution in [3.8, 4) is 5.75 Å². The van der Waals surface area contributed by atoms with Crippen LogP contribution in [-0.2, 0) is 26.2 Å². The van der Waals surface area contributed by atoms with E-state index in [1.165, 1.54) is 11.4 Å². The highest BCUT2D eigenvalue weighted by Gasteiger charge is 2.15. The molecule has 0 aliphatic carbocycles. The Bertz CT molecular complexity index is 854. The lowest BCUT2D eigenvalue weighted by Gasteiger charge is -2.18. The van der Waals surface area contributed by atoms with Crippen LogP contribution in [0.3, 0.4) is 0 Å². The van der Waals surface area contributed by atoms with Gasteiger partial charge in [-0.15, -0.1) is 0 Å². The average molecular weight is 407 g/mol. The van der Waals surface area contributed by atoms with Gasteiger partial charge in [0.25, 0.3) is 5.91 Å². The maximum absolute atomic E-state index is 12.1. The summed E-state index contributed by atoms with van der Waals surface area (Å²) in [5.74, 6) is 0.231. The molecule has 8 heteroatoms. The summed E-state index contributed by atoms with van der Waals surface area (Å²) in [5.41, 5.74) is 1.60. The van der Waals surface area contributed by atoms with Crippen LogP contribution in [0.5, 0.6) is 5.75 Å². The van der Waals surface area contributed by atoms with Crippen molar-refractivity contribution in [3.05, 3.63) is 60.2 Å². The molecule has 0 saturated heterocycles. The number of hydrogen-bond donors (Lipinski definition) is 1. The van der Waals surface area contributed by atoms with Gasteiger partial charge in [-0.25, -0.2) is 8.42 Å². The third-order valence-corrected chi connectivity index (χ3v) is 5.24. The maximum atomic E-state index is 12.1. The van der Waals surface area contributed by atoms with Gasteiger partial charge >= 0.3 is 0 Å². The molecule has 2 aromatic carbocycles. The Labute approximate surface area is 166 Å². The van der Waals surface area contributed by atoms with Crippen LogP contribution < -0.4 is 14.4 Å². The number of sulfonamides is 1. The molecule has 2 rings (SSSR count). The summed E-state index contributed by atoms with van der Waals surface area (Å²) in [6.45, 7) is 2.94. The van der Waals surface area contributed by atoms with Crippen molar-refractivity contribution < 1.29 is 22.7 Å². The Morgan fingerprint density at radius 1 is 1.11 bits per heavy atom. The van der Waals surface area contributed by atoms with Gasteiger partial charge in [0, 0.05) is 13.6 Å². The van der Waals surface area contributed by atoms with Gasteiger partial charge in [0.2, 0.25) is 10.0 Å². The predicted octanol–water partition coefficient (Wildman–Crippen LogP) is 2.18. The molecule has 0 saturated carbocycles. The maximum Gasteiger partial charge on any atom is 0.260 e. The number of nitrogens with one attached hydrogen (secondary N) is 1. The second-order valence-corrected chi connectivity index (χ2v) is 8.33. The van der Waals surface area contributed by atoms with E-state index >= 15 is 0 Å². The summed E-state index contributed by atoms with van der Waals surface area (Å²) in [5, 5.41) is 2.76. The summed E-state index contributed by atoms with van der Waals surface area (Å²) in [7, 11) is -1.85. The number of rotatable bonds is 10. The van der Waals surface area contributed by atoms with Crippen LogP contribution in [0.25, 0.3) is 0 Å². The standard InChI is InChI=1S/C20H26N2O5S/c1-16(20(23)21-13-14-26-15-17-7-5-4-6-8-17)27-19-11-9-18(10-12-19)22(2)28(3,24)25/h4-12,16H,13-15H2,1-3H3,(H,21,23)/t16-/m1/s1. The predicted molar refractivity (Wildman–Crippen MR) is 109 cm³/mol. The number of amides is 1. The van der Waals surface area contributed by atoms with E-state index in [0.717, 1.165) is 11.8 Å².